The molecule has 144 valence electrons. The van der Waals surface area contributed by atoms with Crippen LogP contribution in [0.25, 0.3) is 17.0 Å². The molecule has 0 saturated carbocycles. The number of hydrogen-bond donors (Lipinski definition) is 3. The number of carbonyl (C=O) groups is 1. The lowest BCUT2D eigenvalue weighted by Crippen LogP contribution is -2.13. The number of aromatic nitrogens is 2. The molecule has 28 heavy (non-hydrogen) atoms. The first kappa shape index (κ1) is 18.6. The third kappa shape index (κ3) is 3.38. The van der Waals surface area contributed by atoms with Gasteiger partial charge in [-0.1, -0.05) is 36.4 Å². The highest BCUT2D eigenvalue weighted by atomic mass is 79.9. The molecule has 1 aromatic carbocycles. The number of rotatable bonds is 5. The molecular formula is C21H21BrN4O2. The van der Waals surface area contributed by atoms with Gasteiger partial charge >= 0.3 is 0 Å². The molecule has 0 fully saturated rings. The number of allylic oxidation sites excluding steroid dienone is 1. The largest absolute Gasteiger partial charge is 0.383 e. The molecule has 1 aliphatic carbocycles. The first-order valence-corrected chi connectivity index (χ1v) is 10.1. The molecule has 0 spiro atoms. The molecule has 1 amide bonds. The number of benzene rings is 1. The van der Waals surface area contributed by atoms with Gasteiger partial charge in [0.2, 0.25) is 5.88 Å². The van der Waals surface area contributed by atoms with Crippen molar-refractivity contribution in [1.82, 2.24) is 10.1 Å². The fourth-order valence-electron chi connectivity index (χ4n) is 3.30. The Morgan fingerprint density at radius 1 is 1.39 bits per heavy atom. The molecule has 0 bridgehead atoms. The van der Waals surface area contributed by atoms with E-state index in [1.807, 2.05) is 25.2 Å². The SMILES string of the molecule is CCCNc1cccc2c3c([nH]c12)C=C(C(=O)Nc1onc(Br)c1C)C=CC3. The minimum atomic E-state index is -0.237. The van der Waals surface area contributed by atoms with Crippen molar-refractivity contribution in [3.05, 3.63) is 57.3 Å². The predicted molar refractivity (Wildman–Crippen MR) is 115 cm³/mol. The molecule has 3 aromatic rings. The van der Waals surface area contributed by atoms with Gasteiger partial charge in [0.1, 0.15) is 0 Å². The van der Waals surface area contributed by atoms with Crippen molar-refractivity contribution in [3.63, 3.8) is 0 Å². The summed E-state index contributed by atoms with van der Waals surface area (Å²) in [7, 11) is 0. The van der Waals surface area contributed by atoms with Gasteiger partial charge in [0.15, 0.2) is 4.60 Å². The highest BCUT2D eigenvalue weighted by molar-refractivity contribution is 9.10. The number of anilines is 2. The number of aromatic amines is 1. The van der Waals surface area contributed by atoms with E-state index in [-0.39, 0.29) is 5.91 Å². The summed E-state index contributed by atoms with van der Waals surface area (Å²) < 4.78 is 5.74. The number of halogens is 1. The smallest absolute Gasteiger partial charge is 0.258 e. The lowest BCUT2D eigenvalue weighted by molar-refractivity contribution is -0.112. The molecule has 4 rings (SSSR count). The molecule has 0 radical (unpaired) electrons. The molecule has 0 aliphatic heterocycles. The first-order valence-electron chi connectivity index (χ1n) is 9.27. The average molecular weight is 441 g/mol. The normalized spacial score (nSPS) is 13.2. The molecule has 7 heteroatoms. The summed E-state index contributed by atoms with van der Waals surface area (Å²) in [6.07, 6.45) is 7.56. The van der Waals surface area contributed by atoms with Crippen LogP contribution >= 0.6 is 15.9 Å². The van der Waals surface area contributed by atoms with E-state index in [0.717, 1.165) is 41.8 Å². The topological polar surface area (TPSA) is 83.0 Å². The van der Waals surface area contributed by atoms with Crippen molar-refractivity contribution < 1.29 is 9.32 Å². The first-order chi connectivity index (χ1) is 13.6. The van der Waals surface area contributed by atoms with Crippen LogP contribution < -0.4 is 10.6 Å². The zero-order valence-corrected chi connectivity index (χ0v) is 17.3. The van der Waals surface area contributed by atoms with E-state index in [1.165, 1.54) is 10.9 Å². The fourth-order valence-corrected chi connectivity index (χ4v) is 3.55. The number of carbonyl (C=O) groups excluding carboxylic acids is 1. The molecule has 6 nitrogen and oxygen atoms in total. The maximum atomic E-state index is 12.8. The zero-order chi connectivity index (χ0) is 19.7. The Hall–Kier alpha value is -2.80. The Morgan fingerprint density at radius 2 is 2.25 bits per heavy atom. The van der Waals surface area contributed by atoms with Gasteiger partial charge in [-0.15, -0.1) is 0 Å². The van der Waals surface area contributed by atoms with Gasteiger partial charge in [-0.3, -0.25) is 10.1 Å². The summed E-state index contributed by atoms with van der Waals surface area (Å²) in [6, 6.07) is 6.25. The third-order valence-corrected chi connectivity index (χ3v) is 5.55. The van der Waals surface area contributed by atoms with Crippen molar-refractivity contribution in [2.45, 2.75) is 26.7 Å². The molecule has 3 N–H and O–H groups in total. The van der Waals surface area contributed by atoms with Crippen LogP contribution in [0.1, 0.15) is 30.2 Å². The van der Waals surface area contributed by atoms with Gasteiger partial charge in [-0.05, 0) is 53.4 Å². The molecule has 2 heterocycles. The third-order valence-electron chi connectivity index (χ3n) is 4.82. The van der Waals surface area contributed by atoms with E-state index < -0.39 is 0 Å². The van der Waals surface area contributed by atoms with Crippen LogP contribution in [0.3, 0.4) is 0 Å². The Kier molecular flexibility index (Phi) is 5.09. The predicted octanol–water partition coefficient (Wildman–Crippen LogP) is 5.18. The number of nitrogens with one attached hydrogen (secondary N) is 3. The van der Waals surface area contributed by atoms with Gasteiger partial charge in [0, 0.05) is 28.8 Å². The van der Waals surface area contributed by atoms with Gasteiger partial charge in [-0.2, -0.15) is 0 Å². The van der Waals surface area contributed by atoms with Crippen molar-refractivity contribution in [2.75, 3.05) is 17.2 Å². The van der Waals surface area contributed by atoms with Crippen molar-refractivity contribution >= 4 is 50.4 Å². The number of hydrogen-bond acceptors (Lipinski definition) is 4. The van der Waals surface area contributed by atoms with Gasteiger partial charge < -0.3 is 14.8 Å². The van der Waals surface area contributed by atoms with Crippen molar-refractivity contribution in [1.29, 1.82) is 0 Å². The van der Waals surface area contributed by atoms with Crippen LogP contribution in [-0.2, 0) is 11.2 Å². The maximum absolute atomic E-state index is 12.8. The highest BCUT2D eigenvalue weighted by Crippen LogP contribution is 2.32. The zero-order valence-electron chi connectivity index (χ0n) is 15.7. The maximum Gasteiger partial charge on any atom is 0.258 e. The van der Waals surface area contributed by atoms with Gasteiger partial charge in [0.25, 0.3) is 5.91 Å². The second-order valence-electron chi connectivity index (χ2n) is 6.76. The summed E-state index contributed by atoms with van der Waals surface area (Å²) >= 11 is 3.28. The lowest BCUT2D eigenvalue weighted by Gasteiger charge is -2.06. The average Bonchev–Trinajstić information content (AvgIpc) is 3.11. The van der Waals surface area contributed by atoms with Crippen LogP contribution in [0.15, 0.2) is 45.1 Å². The fraction of sp³-hybridized carbons (Fsp3) is 0.238. The molecule has 1 aliphatic rings. The monoisotopic (exact) mass is 440 g/mol. The number of para-hydroxylation sites is 1. The van der Waals surface area contributed by atoms with Crippen LogP contribution in [0.2, 0.25) is 0 Å². The molecule has 0 unspecified atom stereocenters. The highest BCUT2D eigenvalue weighted by Gasteiger charge is 2.18. The summed E-state index contributed by atoms with van der Waals surface area (Å²) in [5.41, 5.74) is 5.60. The Balaban J connectivity index is 1.69. The molecular weight excluding hydrogens is 420 g/mol. The van der Waals surface area contributed by atoms with Crippen LogP contribution in [0.5, 0.6) is 0 Å². The Morgan fingerprint density at radius 3 is 3.00 bits per heavy atom. The minimum absolute atomic E-state index is 0.237. The summed E-state index contributed by atoms with van der Waals surface area (Å²) in [4.78, 5) is 16.3. The number of amides is 1. The molecule has 2 aromatic heterocycles. The quantitative estimate of drug-likeness (QED) is 0.509. The van der Waals surface area contributed by atoms with Crippen LogP contribution in [0, 0.1) is 6.92 Å². The van der Waals surface area contributed by atoms with Crippen molar-refractivity contribution in [2.24, 2.45) is 0 Å². The molecule has 0 atom stereocenters. The summed E-state index contributed by atoms with van der Waals surface area (Å²) in [5, 5.41) is 11.2. The van der Waals surface area contributed by atoms with Gasteiger partial charge in [0.05, 0.1) is 11.2 Å². The van der Waals surface area contributed by atoms with Gasteiger partial charge in [-0.25, -0.2) is 0 Å². The van der Waals surface area contributed by atoms with Crippen LogP contribution in [0.4, 0.5) is 11.6 Å². The summed E-state index contributed by atoms with van der Waals surface area (Å²) in [6.45, 7) is 4.89. The van der Waals surface area contributed by atoms with Crippen LogP contribution in [-0.4, -0.2) is 22.6 Å². The van der Waals surface area contributed by atoms with Crippen molar-refractivity contribution in [3.8, 4) is 0 Å². The number of nitrogens with zero attached hydrogens (tertiary/aromatic N) is 1. The lowest BCUT2D eigenvalue weighted by atomic mass is 10.1. The van der Waals surface area contributed by atoms with E-state index in [9.17, 15) is 4.79 Å². The Labute approximate surface area is 171 Å². The van der Waals surface area contributed by atoms with E-state index in [1.54, 1.807) is 0 Å². The second-order valence-corrected chi connectivity index (χ2v) is 7.51. The van der Waals surface area contributed by atoms with E-state index in [4.69, 9.17) is 4.52 Å². The van der Waals surface area contributed by atoms with E-state index >= 15 is 0 Å². The minimum Gasteiger partial charge on any atom is -0.383 e. The second kappa shape index (κ2) is 7.67. The van der Waals surface area contributed by atoms with E-state index in [0.29, 0.717) is 16.1 Å². The Bertz CT molecular complexity index is 1110. The number of fused-ring (bicyclic) bond motifs is 3. The summed E-state index contributed by atoms with van der Waals surface area (Å²) in [5.74, 6) is 0.109. The standard InChI is InChI=1S/C21H21BrN4O2/c1-3-10-23-16-9-5-8-15-14-7-4-6-13(11-17(14)24-18(15)16)20(27)25-21-12(2)19(22)26-28-21/h4-6,8-9,11,23-24H,3,7,10H2,1-2H3,(H,25,27). The number of H-pyrrole nitrogens is 1. The van der Waals surface area contributed by atoms with E-state index in [2.05, 4.69) is 61.8 Å². The molecule has 0 saturated heterocycles.